The van der Waals surface area contributed by atoms with Crippen molar-refractivity contribution < 1.29 is 9.59 Å². The molecule has 1 aliphatic heterocycles. The van der Waals surface area contributed by atoms with Gasteiger partial charge in [0.15, 0.2) is 0 Å². The Morgan fingerprint density at radius 3 is 2.14 bits per heavy atom. The summed E-state index contributed by atoms with van der Waals surface area (Å²) in [5.74, 6) is -0.729. The number of hydrogen-bond donors (Lipinski definition) is 2. The number of aromatic nitrogens is 2. The highest BCUT2D eigenvalue weighted by Gasteiger charge is 2.34. The van der Waals surface area contributed by atoms with Crippen LogP contribution in [0.2, 0.25) is 0 Å². The summed E-state index contributed by atoms with van der Waals surface area (Å²) in [6.45, 7) is 0.0848. The molecule has 7 heteroatoms. The van der Waals surface area contributed by atoms with E-state index < -0.39 is 11.2 Å². The second-order valence-electron chi connectivity index (χ2n) is 4.65. The van der Waals surface area contributed by atoms with Crippen molar-refractivity contribution in [2.45, 2.75) is 6.42 Å². The van der Waals surface area contributed by atoms with Crippen LogP contribution in [0.25, 0.3) is 0 Å². The zero-order valence-corrected chi connectivity index (χ0v) is 10.9. The van der Waals surface area contributed by atoms with Crippen LogP contribution in [0.1, 0.15) is 26.3 Å². The summed E-state index contributed by atoms with van der Waals surface area (Å²) in [6.07, 6.45) is 1.47. The first kappa shape index (κ1) is 13.0. The van der Waals surface area contributed by atoms with Crippen molar-refractivity contribution >= 4 is 11.8 Å². The summed E-state index contributed by atoms with van der Waals surface area (Å²) >= 11 is 0. The van der Waals surface area contributed by atoms with Crippen molar-refractivity contribution in [1.82, 2.24) is 14.9 Å². The molecule has 106 valence electrons. The van der Waals surface area contributed by atoms with Gasteiger partial charge in [0.1, 0.15) is 0 Å². The molecule has 1 aromatic heterocycles. The first-order valence-corrected chi connectivity index (χ1v) is 6.34. The summed E-state index contributed by atoms with van der Waals surface area (Å²) in [5.41, 5.74) is -0.0539. The molecule has 1 aliphatic rings. The van der Waals surface area contributed by atoms with Crippen molar-refractivity contribution in [2.24, 2.45) is 0 Å². The lowest BCUT2D eigenvalue weighted by Crippen LogP contribution is -2.33. The van der Waals surface area contributed by atoms with Gasteiger partial charge in [0, 0.05) is 18.3 Å². The van der Waals surface area contributed by atoms with Crippen LogP contribution in [0.15, 0.2) is 40.1 Å². The van der Waals surface area contributed by atoms with E-state index in [1.54, 1.807) is 24.3 Å². The van der Waals surface area contributed by atoms with Crippen LogP contribution < -0.4 is 11.2 Å². The minimum Gasteiger partial charge on any atom is -0.314 e. The van der Waals surface area contributed by atoms with Crippen molar-refractivity contribution in [1.29, 1.82) is 0 Å². The number of nitrogens with zero attached hydrogens (tertiary/aromatic N) is 1. The molecular weight excluding hydrogens is 274 g/mol. The number of rotatable bonds is 3. The maximum absolute atomic E-state index is 12.1. The predicted octanol–water partition coefficient (Wildman–Crippen LogP) is -0.0981. The summed E-state index contributed by atoms with van der Waals surface area (Å²) in [6, 6.07) is 6.59. The molecule has 0 aliphatic carbocycles. The number of carbonyl (C=O) groups excluding carboxylic acids is 2. The zero-order chi connectivity index (χ0) is 15.0. The van der Waals surface area contributed by atoms with E-state index in [4.69, 9.17) is 0 Å². The van der Waals surface area contributed by atoms with Crippen LogP contribution in [0.4, 0.5) is 0 Å². The number of aromatic amines is 2. The van der Waals surface area contributed by atoms with Gasteiger partial charge in [0.2, 0.25) is 0 Å². The minimum atomic E-state index is -0.593. The number of hydrogen-bond acceptors (Lipinski definition) is 4. The molecule has 0 fully saturated rings. The summed E-state index contributed by atoms with van der Waals surface area (Å²) < 4.78 is 0. The van der Waals surface area contributed by atoms with E-state index in [9.17, 15) is 19.2 Å². The largest absolute Gasteiger partial charge is 0.325 e. The Morgan fingerprint density at radius 2 is 1.57 bits per heavy atom. The Bertz CT molecular complexity index is 815. The highest BCUT2D eigenvalue weighted by atomic mass is 16.2. The first-order chi connectivity index (χ1) is 10.1. The molecule has 3 rings (SSSR count). The van der Waals surface area contributed by atoms with E-state index >= 15 is 0 Å². The van der Waals surface area contributed by atoms with Crippen molar-refractivity contribution in [3.63, 3.8) is 0 Å². The molecule has 7 nitrogen and oxygen atoms in total. The van der Waals surface area contributed by atoms with Gasteiger partial charge in [0.05, 0.1) is 11.1 Å². The lowest BCUT2D eigenvalue weighted by atomic mass is 10.1. The van der Waals surface area contributed by atoms with Gasteiger partial charge in [0.25, 0.3) is 17.4 Å². The van der Waals surface area contributed by atoms with E-state index in [2.05, 4.69) is 9.97 Å². The Morgan fingerprint density at radius 1 is 0.952 bits per heavy atom. The highest BCUT2D eigenvalue weighted by molar-refractivity contribution is 6.21. The summed E-state index contributed by atoms with van der Waals surface area (Å²) in [4.78, 5) is 52.3. The SMILES string of the molecule is O=C1c2ccccc2C(=O)N1CCc1c[nH]c(=O)[nH]c1=O. The Kier molecular flexibility index (Phi) is 3.02. The molecule has 21 heavy (non-hydrogen) atoms. The topological polar surface area (TPSA) is 103 Å². The Labute approximate surface area is 118 Å². The predicted molar refractivity (Wildman–Crippen MR) is 73.2 cm³/mol. The normalized spacial score (nSPS) is 13.6. The molecule has 0 spiro atoms. The molecular formula is C14H11N3O4. The Balaban J connectivity index is 1.81. The third kappa shape index (κ3) is 2.18. The van der Waals surface area contributed by atoms with Gasteiger partial charge in [-0.3, -0.25) is 24.3 Å². The molecule has 0 atom stereocenters. The molecule has 2 amide bonds. The minimum absolute atomic E-state index is 0.0848. The smallest absolute Gasteiger partial charge is 0.314 e. The maximum atomic E-state index is 12.1. The van der Waals surface area contributed by atoms with E-state index in [1.807, 2.05) is 0 Å². The molecule has 0 radical (unpaired) electrons. The van der Waals surface area contributed by atoms with Gasteiger partial charge in [-0.15, -0.1) is 0 Å². The number of carbonyl (C=O) groups is 2. The average Bonchev–Trinajstić information content (AvgIpc) is 2.71. The monoisotopic (exact) mass is 285 g/mol. The van der Waals surface area contributed by atoms with Gasteiger partial charge in [-0.05, 0) is 18.6 Å². The lowest BCUT2D eigenvalue weighted by molar-refractivity contribution is 0.0656. The lowest BCUT2D eigenvalue weighted by Gasteiger charge is -2.12. The van der Waals surface area contributed by atoms with Gasteiger partial charge in [-0.2, -0.15) is 0 Å². The van der Waals surface area contributed by atoms with E-state index in [0.29, 0.717) is 16.7 Å². The number of imide groups is 1. The van der Waals surface area contributed by atoms with Crippen LogP contribution in [0.5, 0.6) is 0 Å². The maximum Gasteiger partial charge on any atom is 0.325 e. The Hall–Kier alpha value is -2.96. The fraction of sp³-hybridized carbons (Fsp3) is 0.143. The first-order valence-electron chi connectivity index (χ1n) is 6.34. The zero-order valence-electron chi connectivity index (χ0n) is 10.9. The molecule has 2 aromatic rings. The van der Waals surface area contributed by atoms with Crippen LogP contribution in [-0.4, -0.2) is 33.2 Å². The molecule has 0 bridgehead atoms. The van der Waals surface area contributed by atoms with Crippen LogP contribution in [0, 0.1) is 0 Å². The average molecular weight is 285 g/mol. The quantitative estimate of drug-likeness (QED) is 0.769. The number of amides is 2. The van der Waals surface area contributed by atoms with Crippen molar-refractivity contribution in [3.05, 3.63) is 68.0 Å². The molecule has 0 saturated carbocycles. The molecule has 2 N–H and O–H groups in total. The molecule has 0 unspecified atom stereocenters. The van der Waals surface area contributed by atoms with Crippen LogP contribution in [-0.2, 0) is 6.42 Å². The van der Waals surface area contributed by atoms with Crippen LogP contribution >= 0.6 is 0 Å². The fourth-order valence-corrected chi connectivity index (χ4v) is 2.30. The number of benzene rings is 1. The summed E-state index contributed by atoms with van der Waals surface area (Å²) in [5, 5.41) is 0. The van der Waals surface area contributed by atoms with Crippen molar-refractivity contribution in [3.8, 4) is 0 Å². The molecule has 0 saturated heterocycles. The third-order valence-electron chi connectivity index (χ3n) is 3.38. The van der Waals surface area contributed by atoms with E-state index in [-0.39, 0.29) is 24.8 Å². The number of nitrogens with one attached hydrogen (secondary N) is 2. The molecule has 1 aromatic carbocycles. The molecule has 2 heterocycles. The third-order valence-corrected chi connectivity index (χ3v) is 3.38. The fourth-order valence-electron chi connectivity index (χ4n) is 2.30. The van der Waals surface area contributed by atoms with Crippen LogP contribution in [0.3, 0.4) is 0 Å². The standard InChI is InChI=1S/C14H11N3O4/c18-11-8(7-15-14(21)16-11)5-6-17-12(19)9-3-1-2-4-10(9)13(17)20/h1-4,7H,5-6H2,(H2,15,16,18,21). The van der Waals surface area contributed by atoms with E-state index in [1.165, 1.54) is 6.20 Å². The van der Waals surface area contributed by atoms with Gasteiger partial charge >= 0.3 is 5.69 Å². The van der Waals surface area contributed by atoms with Crippen molar-refractivity contribution in [2.75, 3.05) is 6.54 Å². The number of H-pyrrole nitrogens is 2. The van der Waals surface area contributed by atoms with Gasteiger partial charge in [-0.25, -0.2) is 4.79 Å². The summed E-state index contributed by atoms with van der Waals surface area (Å²) in [7, 11) is 0. The second-order valence-corrected chi connectivity index (χ2v) is 4.65. The van der Waals surface area contributed by atoms with Gasteiger partial charge < -0.3 is 4.98 Å². The highest BCUT2D eigenvalue weighted by Crippen LogP contribution is 2.22. The van der Waals surface area contributed by atoms with E-state index in [0.717, 1.165) is 4.90 Å². The van der Waals surface area contributed by atoms with Gasteiger partial charge in [-0.1, -0.05) is 12.1 Å². The second kappa shape index (κ2) is 4.86. The number of fused-ring (bicyclic) bond motifs is 1.